The van der Waals surface area contributed by atoms with E-state index in [0.717, 1.165) is 12.3 Å². The van der Waals surface area contributed by atoms with Crippen molar-refractivity contribution < 1.29 is 14.6 Å². The Morgan fingerprint density at radius 3 is 2.72 bits per heavy atom. The van der Waals surface area contributed by atoms with Crippen LogP contribution in [0.5, 0.6) is 0 Å². The van der Waals surface area contributed by atoms with Crippen LogP contribution < -0.4 is 0 Å². The third-order valence-corrected chi connectivity index (χ3v) is 4.12. The molecule has 2 aliphatic rings. The number of morpholine rings is 1. The molecular formula is C14H25NO3. The molecule has 4 heteroatoms. The number of ether oxygens (including phenoxy) is 1. The first-order chi connectivity index (χ1) is 8.69. The topological polar surface area (TPSA) is 49.8 Å². The summed E-state index contributed by atoms with van der Waals surface area (Å²) in [7, 11) is 0. The van der Waals surface area contributed by atoms with Crippen LogP contribution in [0.25, 0.3) is 0 Å². The van der Waals surface area contributed by atoms with Gasteiger partial charge in [0.25, 0.3) is 0 Å². The molecular weight excluding hydrogens is 230 g/mol. The Morgan fingerprint density at radius 2 is 2.06 bits per heavy atom. The Balaban J connectivity index is 1.76. The largest absolute Gasteiger partial charge is 0.394 e. The van der Waals surface area contributed by atoms with Gasteiger partial charge in [-0.1, -0.05) is 25.7 Å². The molecule has 0 aromatic heterocycles. The van der Waals surface area contributed by atoms with Crippen molar-refractivity contribution in [3.63, 3.8) is 0 Å². The van der Waals surface area contributed by atoms with Gasteiger partial charge in [-0.2, -0.15) is 0 Å². The zero-order chi connectivity index (χ0) is 13.0. The lowest BCUT2D eigenvalue weighted by atomic mass is 10.0. The third kappa shape index (κ3) is 3.69. The lowest BCUT2D eigenvalue weighted by molar-refractivity contribution is -0.147. The fraction of sp³-hybridized carbons (Fsp3) is 0.929. The van der Waals surface area contributed by atoms with Crippen LogP contribution in [0.2, 0.25) is 0 Å². The molecule has 0 spiro atoms. The first-order valence-electron chi connectivity index (χ1n) is 7.23. The Kier molecular flexibility index (Phi) is 5.01. The molecule has 2 fully saturated rings. The van der Waals surface area contributed by atoms with Crippen molar-refractivity contribution in [3.05, 3.63) is 0 Å². The summed E-state index contributed by atoms with van der Waals surface area (Å²) in [5.74, 6) is 0.997. The van der Waals surface area contributed by atoms with Gasteiger partial charge in [0.1, 0.15) is 0 Å². The van der Waals surface area contributed by atoms with E-state index >= 15 is 0 Å². The van der Waals surface area contributed by atoms with Gasteiger partial charge < -0.3 is 14.7 Å². The lowest BCUT2D eigenvalue weighted by Crippen LogP contribution is -2.50. The monoisotopic (exact) mass is 255 g/mol. The van der Waals surface area contributed by atoms with E-state index in [0.29, 0.717) is 19.5 Å². The minimum Gasteiger partial charge on any atom is -0.394 e. The summed E-state index contributed by atoms with van der Waals surface area (Å²) in [6.07, 6.45) is 6.79. The van der Waals surface area contributed by atoms with Gasteiger partial charge in [-0.25, -0.2) is 0 Å². The minimum atomic E-state index is -0.204. The zero-order valence-corrected chi connectivity index (χ0v) is 11.3. The van der Waals surface area contributed by atoms with E-state index in [-0.39, 0.29) is 24.7 Å². The second-order valence-electron chi connectivity index (χ2n) is 5.74. The molecule has 0 aromatic carbocycles. The first-order valence-corrected chi connectivity index (χ1v) is 7.23. The average molecular weight is 255 g/mol. The number of aliphatic hydroxyl groups is 1. The highest BCUT2D eigenvalue weighted by molar-refractivity contribution is 5.76. The van der Waals surface area contributed by atoms with Crippen molar-refractivity contribution in [3.8, 4) is 0 Å². The third-order valence-electron chi connectivity index (χ3n) is 4.12. The Hall–Kier alpha value is -0.610. The van der Waals surface area contributed by atoms with Crippen LogP contribution in [0.1, 0.15) is 45.4 Å². The molecule has 4 nitrogen and oxygen atoms in total. The van der Waals surface area contributed by atoms with Gasteiger partial charge in [0, 0.05) is 19.5 Å². The number of amides is 1. The molecule has 2 atom stereocenters. The number of carbonyl (C=O) groups is 1. The number of rotatable bonds is 4. The van der Waals surface area contributed by atoms with Crippen molar-refractivity contribution in [2.45, 2.75) is 57.7 Å². The van der Waals surface area contributed by atoms with Crippen LogP contribution in [0.3, 0.4) is 0 Å². The number of aliphatic hydroxyl groups excluding tert-OH is 1. The van der Waals surface area contributed by atoms with E-state index in [4.69, 9.17) is 9.84 Å². The summed E-state index contributed by atoms with van der Waals surface area (Å²) in [5.41, 5.74) is 0. The van der Waals surface area contributed by atoms with E-state index in [2.05, 4.69) is 0 Å². The van der Waals surface area contributed by atoms with Gasteiger partial charge in [-0.3, -0.25) is 4.79 Å². The van der Waals surface area contributed by atoms with Crippen molar-refractivity contribution in [1.82, 2.24) is 4.90 Å². The van der Waals surface area contributed by atoms with E-state index < -0.39 is 0 Å². The number of nitrogens with zero attached hydrogens (tertiary/aromatic N) is 1. The molecule has 1 heterocycles. The molecule has 0 bridgehead atoms. The summed E-state index contributed by atoms with van der Waals surface area (Å²) in [4.78, 5) is 14.0. The molecule has 1 amide bonds. The Labute approximate surface area is 109 Å². The maximum atomic E-state index is 12.2. The molecule has 104 valence electrons. The Bertz CT molecular complexity index is 276. The highest BCUT2D eigenvalue weighted by Crippen LogP contribution is 2.28. The maximum absolute atomic E-state index is 12.2. The van der Waals surface area contributed by atoms with E-state index in [1.54, 1.807) is 0 Å². The van der Waals surface area contributed by atoms with Crippen LogP contribution in [-0.2, 0) is 9.53 Å². The highest BCUT2D eigenvalue weighted by atomic mass is 16.5. The summed E-state index contributed by atoms with van der Waals surface area (Å²) in [6, 6.07) is 0. The number of hydrogen-bond donors (Lipinski definition) is 1. The number of hydrogen-bond acceptors (Lipinski definition) is 3. The van der Waals surface area contributed by atoms with Crippen molar-refractivity contribution in [2.75, 3.05) is 19.7 Å². The molecule has 2 rings (SSSR count). The molecule has 1 N–H and O–H groups in total. The fourth-order valence-electron chi connectivity index (χ4n) is 3.13. The standard InChI is InChI=1S/C14H25NO3/c1-11-8-15(9-13(10-16)18-11)14(17)7-6-12-4-2-3-5-12/h11-13,16H,2-10H2,1H3. The summed E-state index contributed by atoms with van der Waals surface area (Å²) in [6.45, 7) is 3.17. The molecule has 1 aliphatic heterocycles. The van der Waals surface area contributed by atoms with Gasteiger partial charge in [0.15, 0.2) is 0 Å². The van der Waals surface area contributed by atoms with E-state index in [9.17, 15) is 4.79 Å². The summed E-state index contributed by atoms with van der Waals surface area (Å²) in [5, 5.41) is 9.15. The molecule has 0 radical (unpaired) electrons. The second-order valence-corrected chi connectivity index (χ2v) is 5.74. The van der Waals surface area contributed by atoms with Crippen molar-refractivity contribution in [2.24, 2.45) is 5.92 Å². The van der Waals surface area contributed by atoms with E-state index in [1.165, 1.54) is 25.7 Å². The van der Waals surface area contributed by atoms with Crippen LogP contribution in [-0.4, -0.2) is 47.8 Å². The summed E-state index contributed by atoms with van der Waals surface area (Å²) < 4.78 is 5.55. The first kappa shape index (κ1) is 13.8. The summed E-state index contributed by atoms with van der Waals surface area (Å²) >= 11 is 0. The quantitative estimate of drug-likeness (QED) is 0.829. The SMILES string of the molecule is CC1CN(C(=O)CCC2CCCC2)CC(CO)O1. The minimum absolute atomic E-state index is 0.00323. The van der Waals surface area contributed by atoms with Gasteiger partial charge >= 0.3 is 0 Å². The predicted molar refractivity (Wildman–Crippen MR) is 69.2 cm³/mol. The second kappa shape index (κ2) is 6.53. The smallest absolute Gasteiger partial charge is 0.222 e. The van der Waals surface area contributed by atoms with Crippen molar-refractivity contribution >= 4 is 5.91 Å². The molecule has 1 aliphatic carbocycles. The maximum Gasteiger partial charge on any atom is 0.222 e. The van der Waals surface area contributed by atoms with Crippen LogP contribution in [0.15, 0.2) is 0 Å². The molecule has 1 saturated carbocycles. The molecule has 18 heavy (non-hydrogen) atoms. The van der Waals surface area contributed by atoms with Gasteiger partial charge in [0.2, 0.25) is 5.91 Å². The van der Waals surface area contributed by atoms with E-state index in [1.807, 2.05) is 11.8 Å². The highest BCUT2D eigenvalue weighted by Gasteiger charge is 2.28. The molecule has 0 aromatic rings. The normalized spacial score (nSPS) is 29.8. The van der Waals surface area contributed by atoms with Gasteiger partial charge in [-0.05, 0) is 19.3 Å². The van der Waals surface area contributed by atoms with Gasteiger partial charge in [-0.15, -0.1) is 0 Å². The van der Waals surface area contributed by atoms with Crippen LogP contribution >= 0.6 is 0 Å². The fourth-order valence-corrected chi connectivity index (χ4v) is 3.13. The predicted octanol–water partition coefficient (Wildman–Crippen LogP) is 1.56. The molecule has 2 unspecified atom stereocenters. The van der Waals surface area contributed by atoms with Gasteiger partial charge in [0.05, 0.1) is 18.8 Å². The number of carbonyl (C=O) groups excluding carboxylic acids is 1. The van der Waals surface area contributed by atoms with Crippen LogP contribution in [0.4, 0.5) is 0 Å². The zero-order valence-electron chi connectivity index (χ0n) is 11.3. The Morgan fingerprint density at radius 1 is 1.33 bits per heavy atom. The van der Waals surface area contributed by atoms with Crippen LogP contribution in [0, 0.1) is 5.92 Å². The lowest BCUT2D eigenvalue weighted by Gasteiger charge is -2.36. The molecule has 1 saturated heterocycles. The van der Waals surface area contributed by atoms with Crippen molar-refractivity contribution in [1.29, 1.82) is 0 Å². The average Bonchev–Trinajstić information content (AvgIpc) is 2.88.